The molecule has 7 heteroatoms. The van der Waals surface area contributed by atoms with Crippen LogP contribution >= 0.6 is 34.8 Å². The predicted octanol–water partition coefficient (Wildman–Crippen LogP) is 4.99. The Kier molecular flexibility index (Phi) is 6.51. The third-order valence-corrected chi connectivity index (χ3v) is 3.09. The minimum absolute atomic E-state index is 0.00475. The lowest BCUT2D eigenvalue weighted by atomic mass is 10.0. The van der Waals surface area contributed by atoms with E-state index < -0.39 is 27.4 Å². The lowest BCUT2D eigenvalue weighted by Gasteiger charge is -2.26. The number of rotatable bonds is 4. The molecular formula is C16H18Cl3NO3. The van der Waals surface area contributed by atoms with Crippen molar-refractivity contribution in [3.05, 3.63) is 48.0 Å². The fourth-order valence-corrected chi connectivity index (χ4v) is 1.74. The minimum Gasteiger partial charge on any atom is -0.465 e. The van der Waals surface area contributed by atoms with E-state index >= 15 is 0 Å². The van der Waals surface area contributed by atoms with Crippen molar-refractivity contribution >= 4 is 46.7 Å². The van der Waals surface area contributed by atoms with E-state index in [-0.39, 0.29) is 5.57 Å². The van der Waals surface area contributed by atoms with E-state index in [4.69, 9.17) is 49.7 Å². The summed E-state index contributed by atoms with van der Waals surface area (Å²) >= 11 is 16.9. The molecule has 4 nitrogen and oxygen atoms in total. The lowest BCUT2D eigenvalue weighted by molar-refractivity contribution is -0.151. The lowest BCUT2D eigenvalue weighted by Crippen LogP contribution is -2.29. The Morgan fingerprint density at radius 3 is 2.13 bits per heavy atom. The van der Waals surface area contributed by atoms with Crippen LogP contribution < -0.4 is 0 Å². The van der Waals surface area contributed by atoms with E-state index in [1.165, 1.54) is 0 Å². The number of esters is 1. The second-order valence-electron chi connectivity index (χ2n) is 5.76. The van der Waals surface area contributed by atoms with Crippen molar-refractivity contribution in [2.24, 2.45) is 0 Å². The second-order valence-corrected chi connectivity index (χ2v) is 8.04. The SMILES string of the molecule is C=C(C(=O)OC(C)(C)C)C(OC(=N)C(Cl)(Cl)Cl)c1ccccc1. The third kappa shape index (κ3) is 6.42. The van der Waals surface area contributed by atoms with Gasteiger partial charge in [-0.3, -0.25) is 5.41 Å². The molecule has 126 valence electrons. The molecular weight excluding hydrogens is 361 g/mol. The maximum absolute atomic E-state index is 12.2. The summed E-state index contributed by atoms with van der Waals surface area (Å²) in [6, 6.07) is 8.74. The number of alkyl halides is 3. The number of nitrogens with one attached hydrogen (secondary N) is 1. The highest BCUT2D eigenvalue weighted by Gasteiger charge is 2.34. The van der Waals surface area contributed by atoms with Crippen LogP contribution in [0.1, 0.15) is 32.4 Å². The smallest absolute Gasteiger partial charge is 0.338 e. The van der Waals surface area contributed by atoms with Gasteiger partial charge in [0.25, 0.3) is 3.79 Å². The fourth-order valence-electron chi connectivity index (χ4n) is 1.60. The summed E-state index contributed by atoms with van der Waals surface area (Å²) in [6.45, 7) is 8.93. The number of halogens is 3. The van der Waals surface area contributed by atoms with Crippen LogP contribution in [0.4, 0.5) is 0 Å². The molecule has 0 aromatic heterocycles. The summed E-state index contributed by atoms with van der Waals surface area (Å²) in [4.78, 5) is 12.2. The number of hydrogen-bond acceptors (Lipinski definition) is 4. The fraction of sp³-hybridized carbons (Fsp3) is 0.375. The minimum atomic E-state index is -2.04. The Morgan fingerprint density at radius 1 is 1.17 bits per heavy atom. The highest BCUT2D eigenvalue weighted by atomic mass is 35.6. The van der Waals surface area contributed by atoms with Crippen LogP contribution in [0.5, 0.6) is 0 Å². The first-order chi connectivity index (χ1) is 10.4. The molecule has 0 heterocycles. The summed E-state index contributed by atoms with van der Waals surface area (Å²) in [5.41, 5.74) is -0.100. The first-order valence-corrected chi connectivity index (χ1v) is 7.84. The second kappa shape index (κ2) is 7.56. The largest absolute Gasteiger partial charge is 0.465 e. The van der Waals surface area contributed by atoms with Crippen molar-refractivity contribution in [1.82, 2.24) is 0 Å². The van der Waals surface area contributed by atoms with E-state index in [1.54, 1.807) is 51.1 Å². The number of ether oxygens (including phenoxy) is 2. The summed E-state index contributed by atoms with van der Waals surface area (Å²) in [5, 5.41) is 7.72. The third-order valence-electron chi connectivity index (χ3n) is 2.57. The van der Waals surface area contributed by atoms with E-state index in [0.29, 0.717) is 5.56 Å². The van der Waals surface area contributed by atoms with E-state index in [1.807, 2.05) is 0 Å². The van der Waals surface area contributed by atoms with Gasteiger partial charge in [0.05, 0.1) is 5.57 Å². The zero-order valence-electron chi connectivity index (χ0n) is 13.0. The number of benzene rings is 1. The maximum Gasteiger partial charge on any atom is 0.338 e. The van der Waals surface area contributed by atoms with E-state index in [9.17, 15) is 4.79 Å². The molecule has 0 saturated carbocycles. The van der Waals surface area contributed by atoms with Crippen molar-refractivity contribution in [2.45, 2.75) is 36.3 Å². The van der Waals surface area contributed by atoms with Crippen molar-refractivity contribution in [1.29, 1.82) is 5.41 Å². The summed E-state index contributed by atoms with van der Waals surface area (Å²) in [7, 11) is 0. The molecule has 0 aliphatic carbocycles. The summed E-state index contributed by atoms with van der Waals surface area (Å²) < 4.78 is 8.63. The monoisotopic (exact) mass is 377 g/mol. The highest BCUT2D eigenvalue weighted by molar-refractivity contribution is 6.76. The zero-order valence-corrected chi connectivity index (χ0v) is 15.3. The van der Waals surface area contributed by atoms with Gasteiger partial charge in [0.2, 0.25) is 5.90 Å². The van der Waals surface area contributed by atoms with Crippen LogP contribution in [0.15, 0.2) is 42.5 Å². The first kappa shape index (κ1) is 19.8. The van der Waals surface area contributed by atoms with Crippen LogP contribution in [0.3, 0.4) is 0 Å². The normalized spacial score (nSPS) is 13.1. The van der Waals surface area contributed by atoms with Gasteiger partial charge in [-0.2, -0.15) is 0 Å². The van der Waals surface area contributed by atoms with Crippen LogP contribution in [-0.2, 0) is 14.3 Å². The molecule has 1 rings (SSSR count). The Bertz CT molecular complexity index is 589. The predicted molar refractivity (Wildman–Crippen MR) is 93.3 cm³/mol. The molecule has 0 saturated heterocycles. The van der Waals surface area contributed by atoms with Gasteiger partial charge in [-0.1, -0.05) is 71.7 Å². The number of hydrogen-bond donors (Lipinski definition) is 1. The average molecular weight is 379 g/mol. The molecule has 1 N–H and O–H groups in total. The molecule has 1 aromatic rings. The zero-order chi connectivity index (χ0) is 17.8. The van der Waals surface area contributed by atoms with Gasteiger partial charge >= 0.3 is 5.97 Å². The van der Waals surface area contributed by atoms with Crippen LogP contribution in [0, 0.1) is 5.41 Å². The Labute approximate surface area is 150 Å². The van der Waals surface area contributed by atoms with Crippen molar-refractivity contribution in [3.63, 3.8) is 0 Å². The molecule has 1 aromatic carbocycles. The first-order valence-electron chi connectivity index (χ1n) is 6.71. The Balaban J connectivity index is 3.08. The molecule has 0 aliphatic rings. The van der Waals surface area contributed by atoms with Crippen LogP contribution in [-0.4, -0.2) is 21.3 Å². The molecule has 0 bridgehead atoms. The van der Waals surface area contributed by atoms with Gasteiger partial charge in [0.15, 0.2) is 6.10 Å². The Hall–Kier alpha value is -1.23. The standard InChI is InChI=1S/C16H18Cl3NO3/c1-10(13(21)23-15(2,3)4)12(11-8-6-5-7-9-11)22-14(20)16(17,18)19/h5-9,12,20H,1H2,2-4H3. The van der Waals surface area contributed by atoms with Crippen molar-refractivity contribution in [2.75, 3.05) is 0 Å². The van der Waals surface area contributed by atoms with Gasteiger partial charge in [-0.25, -0.2) is 4.79 Å². The average Bonchev–Trinajstić information content (AvgIpc) is 2.41. The molecule has 0 fully saturated rings. The molecule has 0 amide bonds. The Morgan fingerprint density at radius 2 is 1.70 bits per heavy atom. The van der Waals surface area contributed by atoms with Crippen LogP contribution in [0.25, 0.3) is 0 Å². The highest BCUT2D eigenvalue weighted by Crippen LogP contribution is 2.33. The number of carbonyl (C=O) groups excluding carboxylic acids is 1. The van der Waals surface area contributed by atoms with Crippen LogP contribution in [0.2, 0.25) is 0 Å². The van der Waals surface area contributed by atoms with Crippen molar-refractivity contribution < 1.29 is 14.3 Å². The summed E-state index contributed by atoms with van der Waals surface area (Å²) in [6.07, 6.45) is -0.992. The van der Waals surface area contributed by atoms with E-state index in [2.05, 4.69) is 6.58 Å². The van der Waals surface area contributed by atoms with Gasteiger partial charge in [-0.05, 0) is 26.3 Å². The molecule has 23 heavy (non-hydrogen) atoms. The van der Waals surface area contributed by atoms with Gasteiger partial charge in [0.1, 0.15) is 5.60 Å². The van der Waals surface area contributed by atoms with Gasteiger partial charge in [-0.15, -0.1) is 0 Å². The van der Waals surface area contributed by atoms with Gasteiger partial charge in [0, 0.05) is 0 Å². The molecule has 1 unspecified atom stereocenters. The molecule has 0 radical (unpaired) electrons. The molecule has 1 atom stereocenters. The number of carbonyl (C=O) groups is 1. The van der Waals surface area contributed by atoms with Gasteiger partial charge < -0.3 is 9.47 Å². The summed E-state index contributed by atoms with van der Waals surface area (Å²) in [5.74, 6) is -1.26. The topological polar surface area (TPSA) is 59.4 Å². The van der Waals surface area contributed by atoms with Crippen molar-refractivity contribution in [3.8, 4) is 0 Å². The maximum atomic E-state index is 12.2. The quantitative estimate of drug-likeness (QED) is 0.264. The molecule has 0 spiro atoms. The van der Waals surface area contributed by atoms with E-state index in [0.717, 1.165) is 0 Å². The molecule has 0 aliphatic heterocycles.